The fraction of sp³-hybridized carbons (Fsp3) is 0.406. The minimum absolute atomic E-state index is 0.104. The zero-order chi connectivity index (χ0) is 26.4. The number of likely N-dealkylation sites (N-methyl/N-ethyl adjacent to an activating group) is 1. The summed E-state index contributed by atoms with van der Waals surface area (Å²) in [4.78, 5) is 17.9. The molecule has 3 aliphatic rings. The van der Waals surface area contributed by atoms with Crippen LogP contribution in [0, 0.1) is 6.92 Å². The van der Waals surface area contributed by atoms with E-state index in [-0.39, 0.29) is 18.1 Å². The van der Waals surface area contributed by atoms with Crippen molar-refractivity contribution in [3.8, 4) is 0 Å². The van der Waals surface area contributed by atoms with E-state index in [2.05, 4.69) is 66.8 Å². The van der Waals surface area contributed by atoms with Crippen LogP contribution in [-0.4, -0.2) is 64.7 Å². The Morgan fingerprint density at radius 3 is 2.58 bits per heavy atom. The van der Waals surface area contributed by atoms with Crippen LogP contribution < -0.4 is 5.32 Å². The molecule has 3 aromatic rings. The minimum atomic E-state index is -0.342. The third-order valence-electron chi connectivity index (χ3n) is 8.66. The number of amides is 1. The zero-order valence-electron chi connectivity index (χ0n) is 22.7. The van der Waals surface area contributed by atoms with Crippen molar-refractivity contribution in [3.63, 3.8) is 0 Å². The Balaban J connectivity index is 1.40. The maximum absolute atomic E-state index is 13.7. The molecule has 6 nitrogen and oxygen atoms in total. The van der Waals surface area contributed by atoms with Crippen molar-refractivity contribution >= 4 is 17.2 Å². The number of carbonyl (C=O) groups is 1. The number of fused-ring (bicyclic) bond motifs is 2. The highest BCUT2D eigenvalue weighted by Crippen LogP contribution is 2.38. The van der Waals surface area contributed by atoms with Crippen molar-refractivity contribution in [2.45, 2.75) is 51.8 Å². The van der Waals surface area contributed by atoms with Gasteiger partial charge >= 0.3 is 0 Å². The van der Waals surface area contributed by atoms with Crippen molar-refractivity contribution in [1.29, 1.82) is 0 Å². The van der Waals surface area contributed by atoms with Crippen LogP contribution in [0.25, 0.3) is 5.57 Å². The Kier molecular flexibility index (Phi) is 6.62. The van der Waals surface area contributed by atoms with Crippen LogP contribution in [0.4, 0.5) is 5.69 Å². The average Bonchev–Trinajstić information content (AvgIpc) is 3.25. The second-order valence-corrected chi connectivity index (χ2v) is 11.1. The number of aliphatic hydroxyl groups excluding tert-OH is 1. The lowest BCUT2D eigenvalue weighted by Crippen LogP contribution is -2.47. The highest BCUT2D eigenvalue weighted by molar-refractivity contribution is 5.93. The molecule has 0 spiro atoms. The summed E-state index contributed by atoms with van der Waals surface area (Å²) in [6, 6.07) is 18.8. The van der Waals surface area contributed by atoms with Crippen LogP contribution in [0.15, 0.2) is 60.2 Å². The first-order chi connectivity index (χ1) is 18.4. The van der Waals surface area contributed by atoms with Crippen LogP contribution in [0.5, 0.6) is 0 Å². The number of aryl methyl sites for hydroxylation is 1. The summed E-state index contributed by atoms with van der Waals surface area (Å²) in [7, 11) is 2.11. The predicted octanol–water partition coefficient (Wildman–Crippen LogP) is 4.89. The Morgan fingerprint density at radius 2 is 1.79 bits per heavy atom. The van der Waals surface area contributed by atoms with Gasteiger partial charge in [-0.05, 0) is 91.8 Å². The number of carbonyl (C=O) groups excluding carboxylic acids is 1. The van der Waals surface area contributed by atoms with Crippen molar-refractivity contribution < 1.29 is 9.90 Å². The van der Waals surface area contributed by atoms with Gasteiger partial charge in [0.05, 0.1) is 18.3 Å². The number of aliphatic hydroxyl groups is 1. The highest BCUT2D eigenvalue weighted by Gasteiger charge is 2.31. The summed E-state index contributed by atoms with van der Waals surface area (Å²) in [6.07, 6.45) is 2.52. The molecule has 6 rings (SSSR count). The summed E-state index contributed by atoms with van der Waals surface area (Å²) < 4.78 is 2.19. The van der Waals surface area contributed by atoms with E-state index in [1.54, 1.807) is 0 Å². The lowest BCUT2D eigenvalue weighted by Gasteiger charge is -2.32. The second-order valence-electron chi connectivity index (χ2n) is 11.1. The number of piperazine rings is 1. The molecule has 1 N–H and O–H groups in total. The zero-order valence-corrected chi connectivity index (χ0v) is 22.7. The number of allylic oxidation sites excluding steroid dienone is 1. The summed E-state index contributed by atoms with van der Waals surface area (Å²) in [5.74, 6) is 0.104. The molecule has 0 saturated carbocycles. The van der Waals surface area contributed by atoms with Gasteiger partial charge in [0.15, 0.2) is 0 Å². The summed E-state index contributed by atoms with van der Waals surface area (Å²) in [5, 5.41) is 15.7. The first-order valence-electron chi connectivity index (χ1n) is 13.9. The minimum Gasteiger partial charge on any atom is -0.389 e. The van der Waals surface area contributed by atoms with Gasteiger partial charge < -0.3 is 19.5 Å². The topological polar surface area (TPSA) is 62.8 Å². The van der Waals surface area contributed by atoms with E-state index in [0.717, 1.165) is 79.2 Å². The molecule has 2 aliphatic heterocycles. The smallest absolute Gasteiger partial charge is 0.270 e. The molecule has 1 saturated heterocycles. The first kappa shape index (κ1) is 25.0. The Hall–Kier alpha value is -3.35. The second kappa shape index (κ2) is 10.1. The number of para-hydroxylation sites is 1. The molecular formula is C32H37N4O2. The number of nitrogens with zero attached hydrogens (tertiary/aromatic N) is 4. The number of hydrogen-bond donors (Lipinski definition) is 1. The van der Waals surface area contributed by atoms with Gasteiger partial charge in [-0.1, -0.05) is 36.4 Å². The molecule has 1 aromatic heterocycles. The molecule has 6 heteroatoms. The van der Waals surface area contributed by atoms with Gasteiger partial charge in [-0.2, -0.15) is 0 Å². The predicted molar refractivity (Wildman–Crippen MR) is 151 cm³/mol. The molecule has 38 heavy (non-hydrogen) atoms. The monoisotopic (exact) mass is 509 g/mol. The molecule has 197 valence electrons. The molecule has 2 atom stereocenters. The average molecular weight is 510 g/mol. The van der Waals surface area contributed by atoms with Crippen LogP contribution in [0.2, 0.25) is 0 Å². The quantitative estimate of drug-likeness (QED) is 0.547. The van der Waals surface area contributed by atoms with Gasteiger partial charge in [0.2, 0.25) is 0 Å². The SMILES string of the molecule is CC1=C(c2ccc(C3[N]c4ccccc4Cn4c(C(=O)N5CCN(C)CC5)ccc43)cc2C)CCC[C@H]1O. The number of rotatable bonds is 3. The molecule has 3 heterocycles. The van der Waals surface area contributed by atoms with Crippen LogP contribution >= 0.6 is 0 Å². The standard InChI is InChI=1S/C32H37N4O2/c1-21-19-23(11-12-25(21)26-8-6-10-30(37)22(26)2)31-28-13-14-29(32(38)35-17-15-34(3)16-18-35)36(28)20-24-7-4-5-9-27(24)33-31/h4-5,7,9,11-14,19,30-31,37H,6,8,10,15-18,20H2,1-3H3/t30-,31?/m1/s1. The maximum Gasteiger partial charge on any atom is 0.270 e. The van der Waals surface area contributed by atoms with Crippen LogP contribution in [0.3, 0.4) is 0 Å². The number of aromatic nitrogens is 1. The molecule has 1 unspecified atom stereocenters. The fourth-order valence-corrected chi connectivity index (χ4v) is 6.28. The van der Waals surface area contributed by atoms with Gasteiger partial charge in [-0.15, -0.1) is 0 Å². The van der Waals surface area contributed by atoms with Crippen LogP contribution in [0.1, 0.15) is 70.7 Å². The van der Waals surface area contributed by atoms with E-state index in [1.165, 1.54) is 16.7 Å². The molecule has 0 bridgehead atoms. The van der Waals surface area contributed by atoms with Gasteiger partial charge in [0.25, 0.3) is 5.91 Å². The number of benzene rings is 2. The van der Waals surface area contributed by atoms with Gasteiger partial charge in [-0.25, -0.2) is 0 Å². The summed E-state index contributed by atoms with van der Waals surface area (Å²) in [6.45, 7) is 8.17. The van der Waals surface area contributed by atoms with Gasteiger partial charge in [0, 0.05) is 31.9 Å². The van der Waals surface area contributed by atoms with E-state index in [1.807, 2.05) is 23.1 Å². The lowest BCUT2D eigenvalue weighted by atomic mass is 9.84. The Labute approximate surface area is 225 Å². The summed E-state index contributed by atoms with van der Waals surface area (Å²) >= 11 is 0. The molecule has 1 aliphatic carbocycles. The third-order valence-corrected chi connectivity index (χ3v) is 8.66. The van der Waals surface area contributed by atoms with Crippen molar-refractivity contribution in [2.75, 3.05) is 33.2 Å². The number of hydrogen-bond acceptors (Lipinski definition) is 3. The third kappa shape index (κ3) is 4.46. The van der Waals surface area contributed by atoms with Crippen molar-refractivity contribution in [2.24, 2.45) is 0 Å². The van der Waals surface area contributed by atoms with Crippen molar-refractivity contribution in [3.05, 3.63) is 93.8 Å². The molecule has 1 radical (unpaired) electrons. The van der Waals surface area contributed by atoms with E-state index < -0.39 is 0 Å². The normalized spacial score (nSPS) is 21.9. The molecular weight excluding hydrogens is 472 g/mol. The molecule has 2 aromatic carbocycles. The summed E-state index contributed by atoms with van der Waals surface area (Å²) in [5.41, 5.74) is 9.82. The Morgan fingerprint density at radius 1 is 1.00 bits per heavy atom. The Bertz CT molecular complexity index is 1400. The largest absolute Gasteiger partial charge is 0.389 e. The van der Waals surface area contributed by atoms with Gasteiger partial charge in [-0.3, -0.25) is 10.1 Å². The maximum atomic E-state index is 13.7. The molecule has 1 amide bonds. The lowest BCUT2D eigenvalue weighted by molar-refractivity contribution is 0.0653. The van der Waals surface area contributed by atoms with E-state index >= 15 is 0 Å². The highest BCUT2D eigenvalue weighted by atomic mass is 16.3. The first-order valence-corrected chi connectivity index (χ1v) is 13.9. The van der Waals surface area contributed by atoms with Crippen LogP contribution in [-0.2, 0) is 6.54 Å². The molecule has 1 fully saturated rings. The van der Waals surface area contributed by atoms with E-state index in [0.29, 0.717) is 6.54 Å². The van der Waals surface area contributed by atoms with Gasteiger partial charge in [0.1, 0.15) is 11.7 Å². The fourth-order valence-electron chi connectivity index (χ4n) is 6.28. The van der Waals surface area contributed by atoms with Crippen molar-refractivity contribution in [1.82, 2.24) is 19.7 Å². The van der Waals surface area contributed by atoms with E-state index in [4.69, 9.17) is 5.32 Å². The van der Waals surface area contributed by atoms with E-state index in [9.17, 15) is 9.90 Å².